The number of nitrogens with two attached hydrogens (primary N) is 1. The van der Waals surface area contributed by atoms with Gasteiger partial charge in [-0.05, 0) is 12.0 Å². The van der Waals surface area contributed by atoms with Crippen LogP contribution in [0.4, 0.5) is 0 Å². The van der Waals surface area contributed by atoms with E-state index < -0.39 is 0 Å². The lowest BCUT2D eigenvalue weighted by Crippen LogP contribution is -2.44. The predicted molar refractivity (Wildman–Crippen MR) is 69.5 cm³/mol. The number of hydrogen-bond donors (Lipinski definition) is 1. The van der Waals surface area contributed by atoms with E-state index >= 15 is 0 Å². The Kier molecular flexibility index (Phi) is 4.82. The second kappa shape index (κ2) is 5.73. The summed E-state index contributed by atoms with van der Waals surface area (Å²) >= 11 is 1.55. The zero-order chi connectivity index (χ0) is 13.1. The maximum Gasteiger partial charge on any atom is 0.241 e. The van der Waals surface area contributed by atoms with Crippen molar-refractivity contribution in [3.63, 3.8) is 0 Å². The molecule has 0 atom stereocenters. The molecule has 0 unspecified atom stereocenters. The number of likely N-dealkylation sites (N-methyl/N-ethyl adjacent to an activating group) is 1. The van der Waals surface area contributed by atoms with Crippen LogP contribution in [0.2, 0.25) is 0 Å². The Labute approximate surface area is 107 Å². The number of hydrogen-bond acceptors (Lipinski definition) is 4. The first kappa shape index (κ1) is 14.3. The first-order chi connectivity index (χ1) is 7.85. The zero-order valence-corrected chi connectivity index (χ0v) is 11.5. The fourth-order valence-electron chi connectivity index (χ4n) is 1.62. The summed E-state index contributed by atoms with van der Waals surface area (Å²) in [6.07, 6.45) is 0. The molecule has 17 heavy (non-hydrogen) atoms. The van der Waals surface area contributed by atoms with Crippen LogP contribution in [0.15, 0.2) is 0 Å². The maximum atomic E-state index is 11.9. The lowest BCUT2D eigenvalue weighted by atomic mass is 9.93. The highest BCUT2D eigenvalue weighted by molar-refractivity contribution is 8.00. The highest BCUT2D eigenvalue weighted by atomic mass is 32.2. The Hall–Kier alpha value is -0.750. The van der Waals surface area contributed by atoms with Gasteiger partial charge in [-0.3, -0.25) is 9.59 Å². The van der Waals surface area contributed by atoms with Crippen molar-refractivity contribution in [3.8, 4) is 0 Å². The van der Waals surface area contributed by atoms with Crippen LogP contribution in [-0.2, 0) is 9.59 Å². The lowest BCUT2D eigenvalue weighted by molar-refractivity contribution is -0.137. The van der Waals surface area contributed by atoms with Gasteiger partial charge in [0, 0.05) is 13.6 Å². The number of carbonyl (C=O) groups excluding carboxylic acids is 2. The smallest absolute Gasteiger partial charge is 0.241 e. The van der Waals surface area contributed by atoms with E-state index in [9.17, 15) is 9.59 Å². The number of amides is 2. The molecule has 0 aromatic heterocycles. The zero-order valence-electron chi connectivity index (χ0n) is 10.7. The number of thioether (sulfide) groups is 1. The van der Waals surface area contributed by atoms with Crippen LogP contribution >= 0.6 is 11.8 Å². The summed E-state index contributed by atoms with van der Waals surface area (Å²) in [6, 6.07) is 0. The second-order valence-corrected chi connectivity index (χ2v) is 6.14. The molecule has 1 aliphatic rings. The molecule has 1 aliphatic heterocycles. The molecule has 0 aromatic carbocycles. The third-order valence-electron chi connectivity index (χ3n) is 2.80. The summed E-state index contributed by atoms with van der Waals surface area (Å²) in [5.74, 6) is 1.14. The van der Waals surface area contributed by atoms with Gasteiger partial charge in [0.2, 0.25) is 11.8 Å². The minimum absolute atomic E-state index is 0.0256. The van der Waals surface area contributed by atoms with Gasteiger partial charge in [0.05, 0.1) is 11.6 Å². The molecule has 0 radical (unpaired) electrons. The van der Waals surface area contributed by atoms with E-state index in [1.807, 2.05) is 13.8 Å². The van der Waals surface area contributed by atoms with Crippen molar-refractivity contribution >= 4 is 23.6 Å². The van der Waals surface area contributed by atoms with Gasteiger partial charge in [0.25, 0.3) is 0 Å². The Bertz CT molecular complexity index is 307. The van der Waals surface area contributed by atoms with Crippen molar-refractivity contribution in [2.45, 2.75) is 13.8 Å². The van der Waals surface area contributed by atoms with E-state index in [1.54, 1.807) is 28.6 Å². The molecule has 0 aromatic rings. The molecule has 1 rings (SSSR count). The van der Waals surface area contributed by atoms with Crippen LogP contribution in [0.1, 0.15) is 13.8 Å². The molecule has 0 aliphatic carbocycles. The van der Waals surface area contributed by atoms with E-state index in [2.05, 4.69) is 0 Å². The summed E-state index contributed by atoms with van der Waals surface area (Å²) < 4.78 is 0. The van der Waals surface area contributed by atoms with Crippen molar-refractivity contribution in [1.82, 2.24) is 9.80 Å². The Morgan fingerprint density at radius 2 is 2.24 bits per heavy atom. The molecule has 5 nitrogen and oxygen atoms in total. The molecular formula is C11H21N3O2S. The van der Waals surface area contributed by atoms with Crippen molar-refractivity contribution in [1.29, 1.82) is 0 Å². The quantitative estimate of drug-likeness (QED) is 0.752. The van der Waals surface area contributed by atoms with Crippen LogP contribution in [0.5, 0.6) is 0 Å². The van der Waals surface area contributed by atoms with Gasteiger partial charge < -0.3 is 15.5 Å². The molecule has 2 N–H and O–H groups in total. The van der Waals surface area contributed by atoms with Gasteiger partial charge in [0.1, 0.15) is 6.54 Å². The standard InChI is InChI=1S/C11H21N3O2S/c1-11(2,6-12)7-13(3)9(15)4-14-8-17-5-10(14)16/h4-8,12H2,1-3H3. The molecule has 2 amide bonds. The predicted octanol–water partition coefficient (Wildman–Crippen LogP) is -0.0374. The largest absolute Gasteiger partial charge is 0.344 e. The number of carbonyl (C=O) groups is 2. The molecule has 0 bridgehead atoms. The SMILES string of the molecule is CN(CC(C)(C)CN)C(=O)CN1CSCC1=O. The highest BCUT2D eigenvalue weighted by Crippen LogP contribution is 2.16. The maximum absolute atomic E-state index is 11.9. The van der Waals surface area contributed by atoms with Gasteiger partial charge in [-0.2, -0.15) is 0 Å². The average Bonchev–Trinajstić information content (AvgIpc) is 2.64. The lowest BCUT2D eigenvalue weighted by Gasteiger charge is -2.30. The molecule has 0 saturated carbocycles. The summed E-state index contributed by atoms with van der Waals surface area (Å²) in [4.78, 5) is 26.6. The Morgan fingerprint density at radius 3 is 2.71 bits per heavy atom. The molecule has 6 heteroatoms. The molecule has 1 fully saturated rings. The first-order valence-electron chi connectivity index (χ1n) is 5.65. The molecule has 1 heterocycles. The monoisotopic (exact) mass is 259 g/mol. The Morgan fingerprint density at radius 1 is 1.59 bits per heavy atom. The summed E-state index contributed by atoms with van der Waals surface area (Å²) in [5, 5.41) is 0. The van der Waals surface area contributed by atoms with E-state index in [0.29, 0.717) is 24.7 Å². The minimum Gasteiger partial charge on any atom is -0.344 e. The van der Waals surface area contributed by atoms with Gasteiger partial charge in [-0.25, -0.2) is 0 Å². The summed E-state index contributed by atoms with van der Waals surface area (Å²) in [5.41, 5.74) is 5.55. The van der Waals surface area contributed by atoms with E-state index in [-0.39, 0.29) is 23.8 Å². The normalized spacial score (nSPS) is 16.5. The third-order valence-corrected chi connectivity index (χ3v) is 3.74. The number of rotatable bonds is 5. The molecule has 98 valence electrons. The molecular weight excluding hydrogens is 238 g/mol. The molecule has 0 spiro atoms. The molecule has 1 saturated heterocycles. The topological polar surface area (TPSA) is 66.6 Å². The number of nitrogens with zero attached hydrogens (tertiary/aromatic N) is 2. The van der Waals surface area contributed by atoms with Crippen molar-refractivity contribution < 1.29 is 9.59 Å². The van der Waals surface area contributed by atoms with Crippen LogP contribution in [0.25, 0.3) is 0 Å². The fraction of sp³-hybridized carbons (Fsp3) is 0.818. The van der Waals surface area contributed by atoms with Gasteiger partial charge in [-0.1, -0.05) is 13.8 Å². The second-order valence-electron chi connectivity index (χ2n) is 5.19. The Balaban J connectivity index is 2.44. The van der Waals surface area contributed by atoms with E-state index in [4.69, 9.17) is 5.73 Å². The first-order valence-corrected chi connectivity index (χ1v) is 6.81. The highest BCUT2D eigenvalue weighted by Gasteiger charge is 2.26. The van der Waals surface area contributed by atoms with Crippen molar-refractivity contribution in [2.24, 2.45) is 11.1 Å². The van der Waals surface area contributed by atoms with Crippen molar-refractivity contribution in [3.05, 3.63) is 0 Å². The average molecular weight is 259 g/mol. The van der Waals surface area contributed by atoms with Gasteiger partial charge in [0.15, 0.2) is 0 Å². The van der Waals surface area contributed by atoms with E-state index in [0.717, 1.165) is 0 Å². The van der Waals surface area contributed by atoms with E-state index in [1.165, 1.54) is 0 Å². The summed E-state index contributed by atoms with van der Waals surface area (Å²) in [7, 11) is 1.76. The van der Waals surface area contributed by atoms with Crippen LogP contribution in [0, 0.1) is 5.41 Å². The summed E-state index contributed by atoms with van der Waals surface area (Å²) in [6.45, 7) is 5.37. The van der Waals surface area contributed by atoms with Gasteiger partial charge in [-0.15, -0.1) is 11.8 Å². The van der Waals surface area contributed by atoms with Crippen LogP contribution in [-0.4, -0.2) is 59.9 Å². The minimum atomic E-state index is -0.0891. The fourth-order valence-corrected chi connectivity index (χ4v) is 2.52. The van der Waals surface area contributed by atoms with Crippen LogP contribution in [0.3, 0.4) is 0 Å². The van der Waals surface area contributed by atoms with Gasteiger partial charge >= 0.3 is 0 Å². The van der Waals surface area contributed by atoms with Crippen LogP contribution < -0.4 is 5.73 Å². The third kappa shape index (κ3) is 4.20. The van der Waals surface area contributed by atoms with Crippen molar-refractivity contribution in [2.75, 3.05) is 38.3 Å².